The first-order valence-corrected chi connectivity index (χ1v) is 7.77. The van der Waals surface area contributed by atoms with Crippen molar-refractivity contribution < 1.29 is 0 Å². The fraction of sp³-hybridized carbons (Fsp3) is 0.588. The van der Waals surface area contributed by atoms with Crippen molar-refractivity contribution in [1.29, 1.82) is 0 Å². The van der Waals surface area contributed by atoms with Crippen molar-refractivity contribution >= 4 is 29.9 Å². The molecule has 1 rings (SSSR count). The number of hydrogen-bond acceptors (Lipinski definition) is 2. The van der Waals surface area contributed by atoms with Gasteiger partial charge in [0.2, 0.25) is 0 Å². The van der Waals surface area contributed by atoms with E-state index in [0.29, 0.717) is 12.5 Å². The molecular weight excluding hydrogens is 387 g/mol. The number of nitrogens with one attached hydrogen (secondary N) is 1. The van der Waals surface area contributed by atoms with E-state index >= 15 is 0 Å². The first kappa shape index (κ1) is 21.2. The van der Waals surface area contributed by atoms with Gasteiger partial charge in [-0.05, 0) is 40.2 Å². The number of nitrogens with zero attached hydrogens (tertiary/aromatic N) is 2. The van der Waals surface area contributed by atoms with Gasteiger partial charge in [0.15, 0.2) is 5.96 Å². The molecule has 0 spiro atoms. The number of hydrogen-bond donors (Lipinski definition) is 2. The Morgan fingerprint density at radius 3 is 2.27 bits per heavy atom. The molecule has 0 aromatic heterocycles. The maximum absolute atomic E-state index is 6.04. The summed E-state index contributed by atoms with van der Waals surface area (Å²) in [6, 6.07) is 10.7. The van der Waals surface area contributed by atoms with Gasteiger partial charge in [0, 0.05) is 24.7 Å². The minimum Gasteiger partial charge on any atom is -0.370 e. The van der Waals surface area contributed by atoms with Crippen LogP contribution < -0.4 is 11.1 Å². The Morgan fingerprint density at radius 2 is 1.77 bits per heavy atom. The summed E-state index contributed by atoms with van der Waals surface area (Å²) < 4.78 is 0. The highest BCUT2D eigenvalue weighted by atomic mass is 127. The van der Waals surface area contributed by atoms with E-state index in [-0.39, 0.29) is 35.6 Å². The monoisotopic (exact) mass is 418 g/mol. The van der Waals surface area contributed by atoms with E-state index < -0.39 is 0 Å². The van der Waals surface area contributed by atoms with Gasteiger partial charge in [0.05, 0.1) is 6.54 Å². The third kappa shape index (κ3) is 6.96. The van der Waals surface area contributed by atoms with E-state index in [1.54, 1.807) is 0 Å². The van der Waals surface area contributed by atoms with Crippen LogP contribution in [0.15, 0.2) is 35.3 Å². The molecule has 22 heavy (non-hydrogen) atoms. The number of nitrogens with two attached hydrogens (primary N) is 1. The third-order valence-corrected chi connectivity index (χ3v) is 3.63. The lowest BCUT2D eigenvalue weighted by molar-refractivity contribution is 0.354. The first-order chi connectivity index (χ1) is 9.89. The van der Waals surface area contributed by atoms with Gasteiger partial charge in [0.25, 0.3) is 0 Å². The molecule has 1 atom stereocenters. The van der Waals surface area contributed by atoms with Crippen LogP contribution in [0.4, 0.5) is 0 Å². The molecule has 4 nitrogen and oxygen atoms in total. The average molecular weight is 418 g/mol. The number of guanidine groups is 1. The highest BCUT2D eigenvalue weighted by Gasteiger charge is 2.20. The van der Waals surface area contributed by atoms with Gasteiger partial charge in [0.1, 0.15) is 0 Å². The molecule has 0 saturated carbocycles. The summed E-state index contributed by atoms with van der Waals surface area (Å²) >= 11 is 0. The Kier molecular flexibility index (Phi) is 9.67. The van der Waals surface area contributed by atoms with E-state index in [4.69, 9.17) is 5.73 Å². The summed E-state index contributed by atoms with van der Waals surface area (Å²) in [5, 5.41) is 3.62. The van der Waals surface area contributed by atoms with Gasteiger partial charge in [-0.25, -0.2) is 0 Å². The van der Waals surface area contributed by atoms with Crippen molar-refractivity contribution in [2.75, 3.05) is 19.6 Å². The van der Waals surface area contributed by atoms with Gasteiger partial charge in [-0.15, -0.1) is 24.0 Å². The van der Waals surface area contributed by atoms with Gasteiger partial charge in [-0.3, -0.25) is 4.99 Å². The predicted molar refractivity (Wildman–Crippen MR) is 107 cm³/mol. The molecule has 1 unspecified atom stereocenters. The zero-order valence-electron chi connectivity index (χ0n) is 14.5. The predicted octanol–water partition coefficient (Wildman–Crippen LogP) is 3.39. The maximum Gasteiger partial charge on any atom is 0.191 e. The van der Waals surface area contributed by atoms with E-state index in [2.05, 4.69) is 74.1 Å². The normalized spacial score (nSPS) is 13.4. The molecule has 5 heteroatoms. The minimum atomic E-state index is -0.104. The molecule has 0 aliphatic carbocycles. The van der Waals surface area contributed by atoms with Crippen LogP contribution in [0.1, 0.15) is 46.2 Å². The SMILES string of the molecule is CCN(CC)C(N)=NCC(C)(C)NC(C)c1ccccc1.I. The Bertz CT molecular complexity index is 441. The molecule has 1 aromatic carbocycles. The van der Waals surface area contributed by atoms with Crippen molar-refractivity contribution in [2.45, 2.75) is 46.2 Å². The van der Waals surface area contributed by atoms with Crippen LogP contribution >= 0.6 is 24.0 Å². The van der Waals surface area contributed by atoms with Crippen molar-refractivity contribution in [1.82, 2.24) is 10.2 Å². The van der Waals surface area contributed by atoms with Crippen LogP contribution in [0.3, 0.4) is 0 Å². The quantitative estimate of drug-likeness (QED) is 0.406. The number of benzene rings is 1. The van der Waals surface area contributed by atoms with Crippen molar-refractivity contribution in [3.63, 3.8) is 0 Å². The lowest BCUT2D eigenvalue weighted by atomic mass is 10.0. The largest absolute Gasteiger partial charge is 0.370 e. The average Bonchev–Trinajstić information content (AvgIpc) is 2.47. The van der Waals surface area contributed by atoms with Gasteiger partial charge < -0.3 is 16.0 Å². The van der Waals surface area contributed by atoms with Crippen LogP contribution in [-0.2, 0) is 0 Å². The van der Waals surface area contributed by atoms with Crippen molar-refractivity contribution in [2.24, 2.45) is 10.7 Å². The van der Waals surface area contributed by atoms with Crippen LogP contribution in [0.25, 0.3) is 0 Å². The van der Waals surface area contributed by atoms with E-state index in [1.165, 1.54) is 5.56 Å². The van der Waals surface area contributed by atoms with Crippen LogP contribution in [-0.4, -0.2) is 36.0 Å². The van der Waals surface area contributed by atoms with Gasteiger partial charge in [-0.1, -0.05) is 30.3 Å². The Morgan fingerprint density at radius 1 is 1.23 bits per heavy atom. The molecule has 1 aromatic rings. The third-order valence-electron chi connectivity index (χ3n) is 3.63. The summed E-state index contributed by atoms with van der Waals surface area (Å²) in [6.45, 7) is 13.1. The van der Waals surface area contributed by atoms with Crippen molar-refractivity contribution in [3.05, 3.63) is 35.9 Å². The Hall–Kier alpha value is -0.820. The molecule has 0 aliphatic heterocycles. The first-order valence-electron chi connectivity index (χ1n) is 7.77. The highest BCUT2D eigenvalue weighted by molar-refractivity contribution is 14.0. The second-order valence-electron chi connectivity index (χ2n) is 6.01. The molecule has 0 fully saturated rings. The van der Waals surface area contributed by atoms with Gasteiger partial charge in [-0.2, -0.15) is 0 Å². The number of halogens is 1. The van der Waals surface area contributed by atoms with Crippen LogP contribution in [0.5, 0.6) is 0 Å². The Balaban J connectivity index is 0.00000441. The minimum absolute atomic E-state index is 0. The summed E-state index contributed by atoms with van der Waals surface area (Å²) in [6.07, 6.45) is 0. The fourth-order valence-corrected chi connectivity index (χ4v) is 2.38. The molecule has 126 valence electrons. The summed E-state index contributed by atoms with van der Waals surface area (Å²) in [5.41, 5.74) is 7.22. The molecule has 0 radical (unpaired) electrons. The van der Waals surface area contributed by atoms with E-state index in [0.717, 1.165) is 13.1 Å². The van der Waals surface area contributed by atoms with Gasteiger partial charge >= 0.3 is 0 Å². The van der Waals surface area contributed by atoms with Crippen LogP contribution in [0.2, 0.25) is 0 Å². The number of rotatable bonds is 7. The lowest BCUT2D eigenvalue weighted by Crippen LogP contribution is -2.45. The van der Waals surface area contributed by atoms with Crippen molar-refractivity contribution in [3.8, 4) is 0 Å². The van der Waals surface area contributed by atoms with E-state index in [1.807, 2.05) is 6.07 Å². The zero-order chi connectivity index (χ0) is 15.9. The number of aliphatic imine (C=N–C) groups is 1. The second-order valence-corrected chi connectivity index (χ2v) is 6.01. The summed E-state index contributed by atoms with van der Waals surface area (Å²) in [7, 11) is 0. The molecule has 0 aliphatic rings. The fourth-order valence-electron chi connectivity index (χ4n) is 2.38. The van der Waals surface area contributed by atoms with E-state index in [9.17, 15) is 0 Å². The zero-order valence-corrected chi connectivity index (χ0v) is 16.8. The molecule has 0 heterocycles. The Labute approximate surface area is 152 Å². The lowest BCUT2D eigenvalue weighted by Gasteiger charge is -2.30. The molecule has 0 saturated heterocycles. The standard InChI is InChI=1S/C17H30N4.HI/c1-6-21(7-2)16(18)19-13-17(4,5)20-14(3)15-11-9-8-10-12-15;/h8-12,14,20H,6-7,13H2,1-5H3,(H2,18,19);1H. The molecule has 3 N–H and O–H groups in total. The summed E-state index contributed by atoms with van der Waals surface area (Å²) in [5.74, 6) is 0.627. The topological polar surface area (TPSA) is 53.6 Å². The second kappa shape index (κ2) is 10.0. The maximum atomic E-state index is 6.04. The highest BCUT2D eigenvalue weighted by Crippen LogP contribution is 2.16. The molecular formula is C17H31IN4. The molecule has 0 bridgehead atoms. The summed E-state index contributed by atoms with van der Waals surface area (Å²) in [4.78, 5) is 6.61. The van der Waals surface area contributed by atoms with Crippen LogP contribution in [0, 0.1) is 0 Å². The smallest absolute Gasteiger partial charge is 0.191 e. The molecule has 0 amide bonds.